The van der Waals surface area contributed by atoms with Crippen molar-refractivity contribution in [3.05, 3.63) is 56.6 Å². The molecular weight excluding hydrogens is 336 g/mol. The minimum atomic E-state index is -0.622. The zero-order valence-corrected chi connectivity index (χ0v) is 14.6. The quantitative estimate of drug-likeness (QED) is 0.457. The van der Waals surface area contributed by atoms with Gasteiger partial charge in [-0.2, -0.15) is 0 Å². The van der Waals surface area contributed by atoms with E-state index in [4.69, 9.17) is 0 Å². The molecule has 0 spiro atoms. The Morgan fingerprint density at radius 2 is 2.00 bits per heavy atom. The van der Waals surface area contributed by atoms with Crippen LogP contribution in [0.15, 0.2) is 40.1 Å². The molecule has 0 atom stereocenters. The second kappa shape index (κ2) is 7.01. The lowest BCUT2D eigenvalue weighted by molar-refractivity contribution is 0.0952. The van der Waals surface area contributed by atoms with Crippen LogP contribution < -0.4 is 16.3 Å². The first-order valence-electron chi connectivity index (χ1n) is 8.21. The van der Waals surface area contributed by atoms with Crippen LogP contribution in [0.2, 0.25) is 0 Å². The number of carbonyl (C=O) groups is 1. The number of nitrogens with one attached hydrogen (secondary N) is 2. The minimum Gasteiger partial charge on any atom is -0.503 e. The Labute approximate surface area is 148 Å². The molecule has 0 aliphatic heterocycles. The number of rotatable bonds is 5. The summed E-state index contributed by atoms with van der Waals surface area (Å²) in [6, 6.07) is 5.96. The molecule has 3 rings (SSSR count). The highest BCUT2D eigenvalue weighted by Gasteiger charge is 2.11. The van der Waals surface area contributed by atoms with Gasteiger partial charge in [-0.25, -0.2) is 0 Å². The number of fused-ring (bicyclic) bond motifs is 3. The van der Waals surface area contributed by atoms with E-state index in [2.05, 4.69) is 10.3 Å². The lowest BCUT2D eigenvalue weighted by Crippen LogP contribution is -2.27. The van der Waals surface area contributed by atoms with E-state index in [1.54, 1.807) is 18.2 Å². The number of H-pyrrole nitrogens is 1. The van der Waals surface area contributed by atoms with Crippen molar-refractivity contribution in [3.8, 4) is 5.75 Å². The van der Waals surface area contributed by atoms with E-state index in [0.717, 1.165) is 19.0 Å². The van der Waals surface area contributed by atoms with E-state index < -0.39 is 16.7 Å². The van der Waals surface area contributed by atoms with Gasteiger partial charge in [-0.1, -0.05) is 0 Å². The fourth-order valence-corrected chi connectivity index (χ4v) is 2.77. The van der Waals surface area contributed by atoms with Gasteiger partial charge in [0, 0.05) is 18.2 Å². The number of pyridine rings is 1. The van der Waals surface area contributed by atoms with Crippen LogP contribution in [0.4, 0.5) is 0 Å². The molecule has 0 saturated heterocycles. The third kappa shape index (κ3) is 3.45. The van der Waals surface area contributed by atoms with Crippen LogP contribution in [0.1, 0.15) is 16.8 Å². The van der Waals surface area contributed by atoms with Crippen molar-refractivity contribution in [2.45, 2.75) is 6.42 Å². The minimum absolute atomic E-state index is 0.126. The number of hydrogen-bond acceptors (Lipinski definition) is 5. The predicted molar refractivity (Wildman–Crippen MR) is 99.0 cm³/mol. The number of aromatic hydroxyl groups is 1. The normalized spacial score (nSPS) is 11.3. The Balaban J connectivity index is 1.95. The Morgan fingerprint density at radius 3 is 2.73 bits per heavy atom. The summed E-state index contributed by atoms with van der Waals surface area (Å²) in [5, 5.41) is 12.5. The molecule has 8 heteroatoms. The number of carbonyl (C=O) groups excluding carboxylic acids is 1. The van der Waals surface area contributed by atoms with E-state index in [0.29, 0.717) is 23.1 Å². The van der Waals surface area contributed by atoms with Crippen LogP contribution in [-0.4, -0.2) is 52.5 Å². The number of nitrogens with zero attached hydrogens (tertiary/aromatic N) is 2. The smallest absolute Gasteiger partial charge is 0.272 e. The van der Waals surface area contributed by atoms with E-state index in [1.165, 1.54) is 10.6 Å². The van der Waals surface area contributed by atoms with Gasteiger partial charge in [0.2, 0.25) is 5.43 Å². The SMILES string of the molecule is CN(C)CCCNC(=O)c1ccc2c(c1)[nH]c(=O)c1cc(=O)c(O)cn12. The fourth-order valence-electron chi connectivity index (χ4n) is 2.77. The first kappa shape index (κ1) is 17.7. The third-order valence-corrected chi connectivity index (χ3v) is 4.10. The molecule has 8 nitrogen and oxygen atoms in total. The highest BCUT2D eigenvalue weighted by atomic mass is 16.3. The van der Waals surface area contributed by atoms with Gasteiger partial charge in [-0.3, -0.25) is 14.4 Å². The molecule has 3 aromatic rings. The molecule has 2 aromatic heterocycles. The highest BCUT2D eigenvalue weighted by Crippen LogP contribution is 2.15. The average molecular weight is 356 g/mol. The van der Waals surface area contributed by atoms with Crippen LogP contribution in [0.3, 0.4) is 0 Å². The molecule has 136 valence electrons. The summed E-state index contributed by atoms with van der Waals surface area (Å²) in [6.45, 7) is 1.43. The Bertz CT molecular complexity index is 1100. The van der Waals surface area contributed by atoms with Gasteiger partial charge < -0.3 is 24.7 Å². The molecule has 1 amide bonds. The Morgan fingerprint density at radius 1 is 1.23 bits per heavy atom. The summed E-state index contributed by atoms with van der Waals surface area (Å²) in [4.78, 5) is 40.8. The van der Waals surface area contributed by atoms with Gasteiger partial charge in [0.1, 0.15) is 5.52 Å². The summed E-state index contributed by atoms with van der Waals surface area (Å²) >= 11 is 0. The molecule has 1 aromatic carbocycles. The lowest BCUT2D eigenvalue weighted by atomic mass is 10.1. The Kier molecular flexibility index (Phi) is 4.77. The molecule has 0 aliphatic carbocycles. The maximum absolute atomic E-state index is 12.3. The first-order valence-corrected chi connectivity index (χ1v) is 8.21. The van der Waals surface area contributed by atoms with Crippen molar-refractivity contribution in [1.82, 2.24) is 19.6 Å². The molecule has 0 bridgehead atoms. The summed E-state index contributed by atoms with van der Waals surface area (Å²) < 4.78 is 1.43. The van der Waals surface area contributed by atoms with Gasteiger partial charge in [-0.15, -0.1) is 0 Å². The largest absolute Gasteiger partial charge is 0.503 e. The number of benzene rings is 1. The number of amides is 1. The summed E-state index contributed by atoms with van der Waals surface area (Å²) in [5.74, 6) is -0.675. The van der Waals surface area contributed by atoms with Crippen LogP contribution in [0, 0.1) is 0 Å². The average Bonchev–Trinajstić information content (AvgIpc) is 2.59. The summed E-state index contributed by atoms with van der Waals surface area (Å²) in [7, 11) is 3.94. The van der Waals surface area contributed by atoms with E-state index in [1.807, 2.05) is 19.0 Å². The van der Waals surface area contributed by atoms with Crippen molar-refractivity contribution in [2.75, 3.05) is 27.2 Å². The van der Waals surface area contributed by atoms with Gasteiger partial charge in [0.15, 0.2) is 5.75 Å². The van der Waals surface area contributed by atoms with Crippen LogP contribution in [-0.2, 0) is 0 Å². The second-order valence-corrected chi connectivity index (χ2v) is 6.38. The third-order valence-electron chi connectivity index (χ3n) is 4.10. The summed E-state index contributed by atoms with van der Waals surface area (Å²) in [5.41, 5.74) is 0.455. The van der Waals surface area contributed by atoms with E-state index >= 15 is 0 Å². The van der Waals surface area contributed by atoms with Gasteiger partial charge >= 0.3 is 0 Å². The van der Waals surface area contributed by atoms with Gasteiger partial charge in [-0.05, 0) is 45.3 Å². The van der Waals surface area contributed by atoms with Gasteiger partial charge in [0.05, 0.1) is 17.2 Å². The van der Waals surface area contributed by atoms with Crippen LogP contribution in [0.5, 0.6) is 5.75 Å². The molecule has 3 N–H and O–H groups in total. The summed E-state index contributed by atoms with van der Waals surface area (Å²) in [6.07, 6.45) is 2.04. The van der Waals surface area contributed by atoms with Gasteiger partial charge in [0.25, 0.3) is 11.5 Å². The first-order chi connectivity index (χ1) is 12.4. The van der Waals surface area contributed by atoms with Crippen molar-refractivity contribution < 1.29 is 9.90 Å². The maximum atomic E-state index is 12.3. The predicted octanol–water partition coefficient (Wildman–Crippen LogP) is 0.528. The number of aromatic amines is 1. The van der Waals surface area contributed by atoms with Crippen LogP contribution in [0.25, 0.3) is 16.6 Å². The lowest BCUT2D eigenvalue weighted by Gasteiger charge is -2.11. The van der Waals surface area contributed by atoms with E-state index in [9.17, 15) is 19.5 Å². The van der Waals surface area contributed by atoms with Crippen molar-refractivity contribution >= 4 is 22.5 Å². The highest BCUT2D eigenvalue weighted by molar-refractivity contribution is 5.97. The molecule has 0 aliphatic rings. The zero-order valence-electron chi connectivity index (χ0n) is 14.6. The van der Waals surface area contributed by atoms with Crippen molar-refractivity contribution in [1.29, 1.82) is 0 Å². The number of hydrogen-bond donors (Lipinski definition) is 3. The number of aromatic nitrogens is 2. The fraction of sp³-hybridized carbons (Fsp3) is 0.278. The maximum Gasteiger partial charge on any atom is 0.272 e. The van der Waals surface area contributed by atoms with E-state index in [-0.39, 0.29) is 11.4 Å². The van der Waals surface area contributed by atoms with Crippen LogP contribution >= 0.6 is 0 Å². The standard InChI is InChI=1S/C18H20N4O4/c1-21(2)7-3-6-19-17(25)11-4-5-13-12(8-11)20-18(26)14-9-15(23)16(24)10-22(13)14/h4-5,8-10,24H,3,6-7H2,1-2H3,(H,19,25)(H,20,26). The molecule has 0 saturated carbocycles. The topological polar surface area (TPSA) is 107 Å². The molecular formula is C18H20N4O4. The molecule has 0 fully saturated rings. The zero-order chi connectivity index (χ0) is 18.8. The Hall–Kier alpha value is -3.13. The molecule has 2 heterocycles. The second-order valence-electron chi connectivity index (χ2n) is 6.38. The monoisotopic (exact) mass is 356 g/mol. The van der Waals surface area contributed by atoms with Crippen molar-refractivity contribution in [2.24, 2.45) is 0 Å². The molecule has 26 heavy (non-hydrogen) atoms. The molecule has 0 radical (unpaired) electrons. The van der Waals surface area contributed by atoms with Crippen molar-refractivity contribution in [3.63, 3.8) is 0 Å². The molecule has 0 unspecified atom stereocenters.